The van der Waals surface area contributed by atoms with E-state index in [1.165, 1.54) is 0 Å². The molecule has 2 heterocycles. The van der Waals surface area contributed by atoms with Gasteiger partial charge in [-0.2, -0.15) is 0 Å². The van der Waals surface area contributed by atoms with E-state index < -0.39 is 0 Å². The third-order valence-corrected chi connectivity index (χ3v) is 3.62. The Balaban J connectivity index is 2.21. The molecule has 0 radical (unpaired) electrons. The van der Waals surface area contributed by atoms with Crippen LogP contribution in [0.2, 0.25) is 0 Å². The fraction of sp³-hybridized carbons (Fsp3) is 0.750. The molecule has 0 aliphatic carbocycles. The number of aromatic nitrogens is 2. The Morgan fingerprint density at radius 2 is 2.14 bits per heavy atom. The van der Waals surface area contributed by atoms with Gasteiger partial charge in [-0.3, -0.25) is 0 Å². The highest BCUT2D eigenvalue weighted by Crippen LogP contribution is 2.23. The molecule has 0 aromatic carbocycles. The summed E-state index contributed by atoms with van der Waals surface area (Å²) >= 11 is 0. The van der Waals surface area contributed by atoms with Crippen LogP contribution >= 0.6 is 0 Å². The van der Waals surface area contributed by atoms with Gasteiger partial charge in [-0.05, 0) is 12.8 Å². The highest BCUT2D eigenvalue weighted by Gasteiger charge is 2.22. The lowest BCUT2D eigenvalue weighted by Gasteiger charge is -2.25. The Bertz CT molecular complexity index is 465. The Labute approximate surface area is 127 Å². The first-order valence-electron chi connectivity index (χ1n) is 7.60. The molecule has 0 bridgehead atoms. The molecule has 0 spiro atoms. The number of anilines is 1. The van der Waals surface area contributed by atoms with E-state index >= 15 is 0 Å². The zero-order valence-corrected chi connectivity index (χ0v) is 13.8. The summed E-state index contributed by atoms with van der Waals surface area (Å²) < 4.78 is 10.9. The highest BCUT2D eigenvalue weighted by molar-refractivity contribution is 5.40. The summed E-state index contributed by atoms with van der Waals surface area (Å²) in [5, 5.41) is 0. The fourth-order valence-electron chi connectivity index (χ4n) is 2.42. The van der Waals surface area contributed by atoms with Crippen molar-refractivity contribution in [2.45, 2.75) is 51.7 Å². The zero-order chi connectivity index (χ0) is 15.5. The van der Waals surface area contributed by atoms with Gasteiger partial charge in [0.25, 0.3) is 0 Å². The molecule has 1 saturated heterocycles. The molecule has 118 valence electrons. The number of hydrogen-bond donors (Lipinski definition) is 0. The van der Waals surface area contributed by atoms with Crippen molar-refractivity contribution in [2.24, 2.45) is 0 Å². The van der Waals surface area contributed by atoms with Crippen LogP contribution < -0.4 is 4.90 Å². The number of ether oxygens (including phenoxy) is 2. The van der Waals surface area contributed by atoms with Crippen LogP contribution in [0.15, 0.2) is 6.07 Å². The maximum absolute atomic E-state index is 5.71. The smallest absolute Gasteiger partial charge is 0.136 e. The minimum atomic E-state index is -0.0802. The summed E-state index contributed by atoms with van der Waals surface area (Å²) in [4.78, 5) is 11.5. The van der Waals surface area contributed by atoms with Gasteiger partial charge in [-0.25, -0.2) is 9.97 Å². The summed E-state index contributed by atoms with van der Waals surface area (Å²) in [5.74, 6) is 1.80. The molecule has 21 heavy (non-hydrogen) atoms. The molecule has 1 aromatic rings. The Morgan fingerprint density at radius 3 is 2.71 bits per heavy atom. The Morgan fingerprint density at radius 1 is 1.38 bits per heavy atom. The average Bonchev–Trinajstić information content (AvgIpc) is 2.90. The molecule has 1 aliphatic rings. The van der Waals surface area contributed by atoms with Crippen LogP contribution in [-0.4, -0.2) is 43.4 Å². The van der Waals surface area contributed by atoms with Crippen LogP contribution in [0.25, 0.3) is 0 Å². The van der Waals surface area contributed by atoms with Gasteiger partial charge < -0.3 is 14.4 Å². The van der Waals surface area contributed by atoms with E-state index in [4.69, 9.17) is 14.5 Å². The van der Waals surface area contributed by atoms with Crippen molar-refractivity contribution in [2.75, 3.05) is 32.2 Å². The minimum Gasteiger partial charge on any atom is -0.378 e. The van der Waals surface area contributed by atoms with Crippen LogP contribution in [0.4, 0.5) is 5.82 Å². The molecule has 0 saturated carbocycles. The van der Waals surface area contributed by atoms with E-state index in [1.807, 2.05) is 6.07 Å². The number of methoxy groups -OCH3 is 1. The zero-order valence-electron chi connectivity index (χ0n) is 13.8. The molecule has 1 aliphatic heterocycles. The van der Waals surface area contributed by atoms with Gasteiger partial charge in [-0.15, -0.1) is 0 Å². The number of nitrogens with zero attached hydrogens (tertiary/aromatic N) is 3. The SMILES string of the molecule is COCc1cc(N(C)CC2CCCO2)nc(C(C)(C)C)n1. The lowest BCUT2D eigenvalue weighted by molar-refractivity contribution is 0.116. The van der Waals surface area contributed by atoms with Crippen molar-refractivity contribution in [3.05, 3.63) is 17.6 Å². The molecule has 0 N–H and O–H groups in total. The quantitative estimate of drug-likeness (QED) is 0.835. The molecule has 1 atom stereocenters. The van der Waals surface area contributed by atoms with Crippen LogP contribution in [0, 0.1) is 0 Å². The Hall–Kier alpha value is -1.20. The second kappa shape index (κ2) is 6.71. The predicted octanol–water partition coefficient (Wildman–Crippen LogP) is 2.54. The lowest BCUT2D eigenvalue weighted by Crippen LogP contribution is -2.30. The molecule has 1 fully saturated rings. The summed E-state index contributed by atoms with van der Waals surface area (Å²) in [6.07, 6.45) is 2.60. The van der Waals surface area contributed by atoms with Crippen molar-refractivity contribution >= 4 is 5.82 Å². The largest absolute Gasteiger partial charge is 0.378 e. The second-order valence-corrected chi connectivity index (χ2v) is 6.74. The van der Waals surface area contributed by atoms with Crippen molar-refractivity contribution in [3.63, 3.8) is 0 Å². The van der Waals surface area contributed by atoms with Crippen LogP contribution in [0.1, 0.15) is 45.1 Å². The van der Waals surface area contributed by atoms with Crippen molar-refractivity contribution in [1.29, 1.82) is 0 Å². The highest BCUT2D eigenvalue weighted by atomic mass is 16.5. The second-order valence-electron chi connectivity index (χ2n) is 6.74. The summed E-state index contributed by atoms with van der Waals surface area (Å²) in [6, 6.07) is 2.01. The van der Waals surface area contributed by atoms with Crippen molar-refractivity contribution in [1.82, 2.24) is 9.97 Å². The van der Waals surface area contributed by atoms with Gasteiger partial charge in [-0.1, -0.05) is 20.8 Å². The van der Waals surface area contributed by atoms with Crippen LogP contribution in [-0.2, 0) is 21.5 Å². The maximum Gasteiger partial charge on any atom is 0.136 e. The van der Waals surface area contributed by atoms with E-state index in [9.17, 15) is 0 Å². The topological polar surface area (TPSA) is 47.5 Å². The van der Waals surface area contributed by atoms with Gasteiger partial charge in [0.05, 0.1) is 18.4 Å². The van der Waals surface area contributed by atoms with E-state index in [0.29, 0.717) is 12.7 Å². The first-order valence-corrected chi connectivity index (χ1v) is 7.60. The van der Waals surface area contributed by atoms with Gasteiger partial charge in [0, 0.05) is 38.8 Å². The summed E-state index contributed by atoms with van der Waals surface area (Å²) in [5.41, 5.74) is 0.843. The predicted molar refractivity (Wildman–Crippen MR) is 83.7 cm³/mol. The molecule has 1 unspecified atom stereocenters. The van der Waals surface area contributed by atoms with Crippen molar-refractivity contribution in [3.8, 4) is 0 Å². The van der Waals surface area contributed by atoms with Gasteiger partial charge in [0.2, 0.25) is 0 Å². The van der Waals surface area contributed by atoms with Crippen molar-refractivity contribution < 1.29 is 9.47 Å². The number of likely N-dealkylation sites (N-methyl/N-ethyl adjacent to an activating group) is 1. The molecule has 5 heteroatoms. The standard InChI is InChI=1S/C16H27N3O2/c1-16(2,3)15-17-12(11-20-5)9-14(18-15)19(4)10-13-7-6-8-21-13/h9,13H,6-8,10-11H2,1-5H3. The molecule has 1 aromatic heterocycles. The number of rotatable bonds is 5. The average molecular weight is 293 g/mol. The van der Waals surface area contributed by atoms with Gasteiger partial charge >= 0.3 is 0 Å². The Kier molecular flexibility index (Phi) is 5.17. The third-order valence-electron chi connectivity index (χ3n) is 3.62. The fourth-order valence-corrected chi connectivity index (χ4v) is 2.42. The lowest BCUT2D eigenvalue weighted by atomic mass is 9.95. The van der Waals surface area contributed by atoms with E-state index in [1.54, 1.807) is 7.11 Å². The molecule has 0 amide bonds. The van der Waals surface area contributed by atoms with Gasteiger partial charge in [0.15, 0.2) is 0 Å². The molecular formula is C16H27N3O2. The normalized spacial score (nSPS) is 19.0. The van der Waals surface area contributed by atoms with Gasteiger partial charge in [0.1, 0.15) is 11.6 Å². The summed E-state index contributed by atoms with van der Waals surface area (Å²) in [6.45, 7) is 8.64. The van der Waals surface area contributed by atoms with Crippen LogP contribution in [0.3, 0.4) is 0 Å². The van der Waals surface area contributed by atoms with E-state index in [2.05, 4.69) is 37.7 Å². The first kappa shape index (κ1) is 16.2. The molecular weight excluding hydrogens is 266 g/mol. The monoisotopic (exact) mass is 293 g/mol. The minimum absolute atomic E-state index is 0.0802. The molecule has 5 nitrogen and oxygen atoms in total. The van der Waals surface area contributed by atoms with E-state index in [0.717, 1.165) is 43.3 Å². The number of hydrogen-bond acceptors (Lipinski definition) is 5. The van der Waals surface area contributed by atoms with Crippen LogP contribution in [0.5, 0.6) is 0 Å². The third kappa shape index (κ3) is 4.38. The first-order chi connectivity index (χ1) is 9.90. The maximum atomic E-state index is 5.71. The van der Waals surface area contributed by atoms with E-state index in [-0.39, 0.29) is 5.41 Å². The summed E-state index contributed by atoms with van der Waals surface area (Å²) in [7, 11) is 3.75. The molecule has 2 rings (SSSR count).